The van der Waals surface area contributed by atoms with Crippen LogP contribution in [0.15, 0.2) is 0 Å². The number of rotatable bonds is 0. The van der Waals surface area contributed by atoms with Crippen molar-refractivity contribution in [3.05, 3.63) is 0 Å². The Bertz CT molecular complexity index is 214. The number of hydrogen-bond acceptors (Lipinski definition) is 3. The Hall–Kier alpha value is 0.460. The van der Waals surface area contributed by atoms with Gasteiger partial charge < -0.3 is 10.2 Å². The van der Waals surface area contributed by atoms with Crippen molar-refractivity contribution < 1.29 is 15.0 Å². The molecule has 70 valence electrons. The Balaban J connectivity index is 2.96. The van der Waals surface area contributed by atoms with E-state index in [2.05, 4.69) is 0 Å². The molecule has 0 aromatic carbocycles. The third-order valence-electron chi connectivity index (χ3n) is 1.85. The van der Waals surface area contributed by atoms with Crippen LogP contribution < -0.4 is 0 Å². The minimum atomic E-state index is -2.74. The van der Waals surface area contributed by atoms with Gasteiger partial charge in [0, 0.05) is 0 Å². The van der Waals surface area contributed by atoms with E-state index in [0.29, 0.717) is 0 Å². The highest BCUT2D eigenvalue weighted by Crippen LogP contribution is 2.43. The number of aliphatic hydroxyl groups is 2. The van der Waals surface area contributed by atoms with Gasteiger partial charge in [0.1, 0.15) is 0 Å². The summed E-state index contributed by atoms with van der Waals surface area (Å²) in [4.78, 5) is 11.1. The standard InChI is InChI=1S/C6H7Cl3O3/c7-3-1-2-5(8,9)6(11,12)4(3)10/h3,11-12H,1-2H2. The molecule has 0 saturated heterocycles. The van der Waals surface area contributed by atoms with Crippen molar-refractivity contribution >= 4 is 40.6 Å². The molecule has 0 heterocycles. The van der Waals surface area contributed by atoms with E-state index in [-0.39, 0.29) is 12.8 Å². The summed E-state index contributed by atoms with van der Waals surface area (Å²) in [5, 5.41) is 17.5. The molecule has 0 radical (unpaired) electrons. The summed E-state index contributed by atoms with van der Waals surface area (Å²) in [5.41, 5.74) is 0. The first-order valence-electron chi connectivity index (χ1n) is 3.30. The molecule has 0 bridgehead atoms. The fourth-order valence-electron chi connectivity index (χ4n) is 1.01. The predicted octanol–water partition coefficient (Wildman–Crippen LogP) is 0.811. The quantitative estimate of drug-likeness (QED) is 0.481. The molecule has 6 heteroatoms. The van der Waals surface area contributed by atoms with Crippen molar-refractivity contribution in [3.8, 4) is 0 Å². The first kappa shape index (κ1) is 10.5. The van der Waals surface area contributed by atoms with Crippen LogP contribution in [0.3, 0.4) is 0 Å². The lowest BCUT2D eigenvalue weighted by atomic mass is 9.91. The summed E-state index contributed by atoms with van der Waals surface area (Å²) in [5.74, 6) is -3.68. The maximum absolute atomic E-state index is 11.1. The highest BCUT2D eigenvalue weighted by atomic mass is 35.5. The van der Waals surface area contributed by atoms with Gasteiger partial charge in [0.25, 0.3) is 5.79 Å². The number of ketones is 1. The van der Waals surface area contributed by atoms with Crippen molar-refractivity contribution in [1.82, 2.24) is 0 Å². The average molecular weight is 233 g/mol. The van der Waals surface area contributed by atoms with E-state index >= 15 is 0 Å². The van der Waals surface area contributed by atoms with Crippen LogP contribution in [0.1, 0.15) is 12.8 Å². The molecular formula is C6H7Cl3O3. The van der Waals surface area contributed by atoms with Gasteiger partial charge in [-0.1, -0.05) is 23.2 Å². The van der Waals surface area contributed by atoms with Crippen LogP contribution in [0.2, 0.25) is 0 Å². The van der Waals surface area contributed by atoms with E-state index in [1.165, 1.54) is 0 Å². The van der Waals surface area contributed by atoms with Crippen LogP contribution in [0.4, 0.5) is 0 Å². The molecule has 1 unspecified atom stereocenters. The predicted molar refractivity (Wildman–Crippen MR) is 45.5 cm³/mol. The molecule has 1 atom stereocenters. The number of alkyl halides is 3. The molecule has 1 rings (SSSR count). The van der Waals surface area contributed by atoms with Crippen LogP contribution in [0, 0.1) is 0 Å². The summed E-state index contributed by atoms with van der Waals surface area (Å²) in [6.45, 7) is 0. The summed E-state index contributed by atoms with van der Waals surface area (Å²) in [6.07, 6.45) is 0.319. The van der Waals surface area contributed by atoms with E-state index in [0.717, 1.165) is 0 Å². The zero-order valence-electron chi connectivity index (χ0n) is 5.93. The second-order valence-electron chi connectivity index (χ2n) is 2.75. The smallest absolute Gasteiger partial charge is 0.259 e. The Morgan fingerprint density at radius 2 is 1.92 bits per heavy atom. The summed E-state index contributed by atoms with van der Waals surface area (Å²) in [6, 6.07) is 0. The monoisotopic (exact) mass is 232 g/mol. The third kappa shape index (κ3) is 1.44. The van der Waals surface area contributed by atoms with Gasteiger partial charge in [0.05, 0.1) is 5.38 Å². The van der Waals surface area contributed by atoms with Crippen LogP contribution in [0.5, 0.6) is 0 Å². The zero-order chi connectivity index (χ0) is 9.57. The first-order valence-corrected chi connectivity index (χ1v) is 4.49. The van der Waals surface area contributed by atoms with Gasteiger partial charge in [-0.15, -0.1) is 11.6 Å². The van der Waals surface area contributed by atoms with Crippen molar-refractivity contribution in [2.45, 2.75) is 28.3 Å². The zero-order valence-corrected chi connectivity index (χ0v) is 8.20. The maximum atomic E-state index is 11.1. The van der Waals surface area contributed by atoms with Crippen LogP contribution in [-0.4, -0.2) is 31.5 Å². The number of halogens is 3. The number of carbonyl (C=O) groups is 1. The van der Waals surface area contributed by atoms with E-state index in [4.69, 9.17) is 34.8 Å². The molecule has 0 aromatic rings. The molecule has 1 aliphatic rings. The first-order chi connectivity index (χ1) is 5.29. The fourth-order valence-corrected chi connectivity index (χ4v) is 1.68. The molecule has 1 saturated carbocycles. The van der Waals surface area contributed by atoms with Crippen molar-refractivity contribution in [3.63, 3.8) is 0 Å². The largest absolute Gasteiger partial charge is 0.357 e. The third-order valence-corrected chi connectivity index (χ3v) is 3.17. The van der Waals surface area contributed by atoms with Crippen LogP contribution in [0.25, 0.3) is 0 Å². The Morgan fingerprint density at radius 3 is 2.33 bits per heavy atom. The molecule has 1 fully saturated rings. The van der Waals surface area contributed by atoms with Gasteiger partial charge in [0.15, 0.2) is 4.33 Å². The van der Waals surface area contributed by atoms with Gasteiger partial charge in [0.2, 0.25) is 5.78 Å². The fraction of sp³-hybridized carbons (Fsp3) is 0.833. The summed E-state index contributed by atoms with van der Waals surface area (Å²) < 4.78 is -1.85. The lowest BCUT2D eigenvalue weighted by Gasteiger charge is -2.38. The number of carbonyl (C=O) groups excluding carboxylic acids is 1. The van der Waals surface area contributed by atoms with E-state index in [9.17, 15) is 15.0 Å². The lowest BCUT2D eigenvalue weighted by Crippen LogP contribution is -2.59. The van der Waals surface area contributed by atoms with Crippen LogP contribution >= 0.6 is 34.8 Å². The summed E-state index contributed by atoms with van der Waals surface area (Å²) >= 11 is 16.5. The van der Waals surface area contributed by atoms with E-state index in [1.54, 1.807) is 0 Å². The Morgan fingerprint density at radius 1 is 1.42 bits per heavy atom. The van der Waals surface area contributed by atoms with Gasteiger partial charge in [-0.2, -0.15) is 0 Å². The van der Waals surface area contributed by atoms with Crippen molar-refractivity contribution in [1.29, 1.82) is 0 Å². The van der Waals surface area contributed by atoms with E-state index in [1.807, 2.05) is 0 Å². The normalized spacial score (nSPS) is 33.4. The topological polar surface area (TPSA) is 57.5 Å². The van der Waals surface area contributed by atoms with Crippen LogP contribution in [-0.2, 0) is 4.79 Å². The number of Topliss-reactive ketones (excluding diaryl/α,β-unsaturated/α-hetero) is 1. The Kier molecular flexibility index (Phi) is 2.63. The molecule has 0 aliphatic heterocycles. The minimum absolute atomic E-state index is 0.0724. The Labute approximate surface area is 84.2 Å². The van der Waals surface area contributed by atoms with Gasteiger partial charge in [-0.25, -0.2) is 0 Å². The molecule has 0 amide bonds. The van der Waals surface area contributed by atoms with Gasteiger partial charge in [-0.05, 0) is 12.8 Å². The van der Waals surface area contributed by atoms with Crippen molar-refractivity contribution in [2.24, 2.45) is 0 Å². The molecular weight excluding hydrogens is 226 g/mol. The van der Waals surface area contributed by atoms with Gasteiger partial charge in [-0.3, -0.25) is 4.79 Å². The molecule has 0 aromatic heterocycles. The molecule has 2 N–H and O–H groups in total. The number of hydrogen-bond donors (Lipinski definition) is 2. The lowest BCUT2D eigenvalue weighted by molar-refractivity contribution is -0.192. The van der Waals surface area contributed by atoms with Crippen molar-refractivity contribution in [2.75, 3.05) is 0 Å². The second-order valence-corrected chi connectivity index (χ2v) is 4.76. The maximum Gasteiger partial charge on any atom is 0.259 e. The van der Waals surface area contributed by atoms with Gasteiger partial charge >= 0.3 is 0 Å². The molecule has 12 heavy (non-hydrogen) atoms. The van der Waals surface area contributed by atoms with E-state index < -0.39 is 21.3 Å². The molecule has 0 spiro atoms. The highest BCUT2D eigenvalue weighted by Gasteiger charge is 2.57. The molecule has 3 nitrogen and oxygen atoms in total. The minimum Gasteiger partial charge on any atom is -0.357 e. The SMILES string of the molecule is O=C1C(Cl)CCC(Cl)(Cl)C1(O)O. The average Bonchev–Trinajstić information content (AvgIpc) is 1.96. The second kappa shape index (κ2) is 3.00. The molecule has 1 aliphatic carbocycles. The summed E-state index contributed by atoms with van der Waals surface area (Å²) in [7, 11) is 0. The highest BCUT2D eigenvalue weighted by molar-refractivity contribution is 6.51.